The molecule has 0 aliphatic carbocycles. The van der Waals surface area contributed by atoms with Crippen molar-refractivity contribution in [2.45, 2.75) is 32.7 Å². The van der Waals surface area contributed by atoms with E-state index in [4.69, 9.17) is 4.74 Å². The zero-order chi connectivity index (χ0) is 15.2. The molecule has 1 fully saturated rings. The van der Waals surface area contributed by atoms with E-state index in [1.807, 2.05) is 44.2 Å². The Balaban J connectivity index is 1.75. The minimum atomic E-state index is -0.368. The monoisotopic (exact) mass is 290 g/mol. The van der Waals surface area contributed by atoms with E-state index >= 15 is 0 Å². The van der Waals surface area contributed by atoms with Gasteiger partial charge in [-0.05, 0) is 30.9 Å². The second kappa shape index (κ2) is 7.11. The molecule has 1 aliphatic heterocycles. The van der Waals surface area contributed by atoms with E-state index in [1.165, 1.54) is 4.90 Å². The fourth-order valence-electron chi connectivity index (χ4n) is 2.35. The van der Waals surface area contributed by atoms with Crippen molar-refractivity contribution in [2.24, 2.45) is 5.92 Å². The second-order valence-electron chi connectivity index (χ2n) is 5.64. The van der Waals surface area contributed by atoms with Gasteiger partial charge in [0.15, 0.2) is 0 Å². The summed E-state index contributed by atoms with van der Waals surface area (Å²) in [7, 11) is 0. The van der Waals surface area contributed by atoms with Crippen molar-refractivity contribution < 1.29 is 14.3 Å². The SMILES string of the molecule is CC(C)C[C@@H]1NC(=O)N(CCCOc2ccccc2)C1=O. The summed E-state index contributed by atoms with van der Waals surface area (Å²) in [6, 6.07) is 8.85. The van der Waals surface area contributed by atoms with E-state index < -0.39 is 0 Å². The molecule has 21 heavy (non-hydrogen) atoms. The van der Waals surface area contributed by atoms with Gasteiger partial charge in [0.1, 0.15) is 11.8 Å². The second-order valence-corrected chi connectivity index (χ2v) is 5.64. The number of imide groups is 1. The van der Waals surface area contributed by atoms with Crippen molar-refractivity contribution in [1.82, 2.24) is 10.2 Å². The Kier molecular flexibility index (Phi) is 5.20. The maximum absolute atomic E-state index is 12.1. The summed E-state index contributed by atoms with van der Waals surface area (Å²) in [5.41, 5.74) is 0. The van der Waals surface area contributed by atoms with Crippen molar-refractivity contribution in [3.05, 3.63) is 30.3 Å². The van der Waals surface area contributed by atoms with Crippen LogP contribution in [0.2, 0.25) is 0 Å². The Labute approximate surface area is 125 Å². The van der Waals surface area contributed by atoms with Gasteiger partial charge < -0.3 is 10.1 Å². The highest BCUT2D eigenvalue weighted by atomic mass is 16.5. The van der Waals surface area contributed by atoms with Crippen LogP contribution in [0.5, 0.6) is 5.75 Å². The Morgan fingerprint density at radius 1 is 1.24 bits per heavy atom. The molecular formula is C16H22N2O3. The smallest absolute Gasteiger partial charge is 0.324 e. The lowest BCUT2D eigenvalue weighted by atomic mass is 10.0. The van der Waals surface area contributed by atoms with Crippen LogP contribution >= 0.6 is 0 Å². The molecule has 5 nitrogen and oxygen atoms in total. The number of urea groups is 1. The van der Waals surface area contributed by atoms with Crippen molar-refractivity contribution >= 4 is 11.9 Å². The topological polar surface area (TPSA) is 58.6 Å². The average molecular weight is 290 g/mol. The van der Waals surface area contributed by atoms with Crippen LogP contribution in [0.1, 0.15) is 26.7 Å². The van der Waals surface area contributed by atoms with Gasteiger partial charge in [0.05, 0.1) is 6.61 Å². The molecule has 0 aromatic heterocycles. The van der Waals surface area contributed by atoms with E-state index in [9.17, 15) is 9.59 Å². The first-order valence-electron chi connectivity index (χ1n) is 7.37. The number of carbonyl (C=O) groups is 2. The molecule has 0 radical (unpaired) electrons. The quantitative estimate of drug-likeness (QED) is 0.620. The standard InChI is InChI=1S/C16H22N2O3/c1-12(2)11-14-15(19)18(16(20)17-14)9-6-10-21-13-7-4-3-5-8-13/h3-5,7-8,12,14H,6,9-11H2,1-2H3,(H,17,20)/t14-/m0/s1. The minimum absolute atomic E-state index is 0.117. The number of ether oxygens (including phenoxy) is 1. The highest BCUT2D eigenvalue weighted by molar-refractivity contribution is 6.04. The van der Waals surface area contributed by atoms with Gasteiger partial charge in [-0.3, -0.25) is 9.69 Å². The van der Waals surface area contributed by atoms with E-state index in [-0.39, 0.29) is 18.0 Å². The molecule has 0 unspecified atom stereocenters. The summed E-state index contributed by atoms with van der Waals surface area (Å²) in [4.78, 5) is 25.2. The zero-order valence-corrected chi connectivity index (χ0v) is 12.5. The first-order chi connectivity index (χ1) is 10.1. The molecule has 0 bridgehead atoms. The normalized spacial score (nSPS) is 18.2. The lowest BCUT2D eigenvalue weighted by Gasteiger charge is -2.14. The van der Waals surface area contributed by atoms with Crippen molar-refractivity contribution in [2.75, 3.05) is 13.2 Å². The van der Waals surface area contributed by atoms with Crippen LogP contribution in [0.4, 0.5) is 4.79 Å². The summed E-state index contributed by atoms with van der Waals surface area (Å²) in [6.07, 6.45) is 1.31. The van der Waals surface area contributed by atoms with Crippen molar-refractivity contribution in [3.63, 3.8) is 0 Å². The molecule has 1 aliphatic rings. The third kappa shape index (κ3) is 4.21. The van der Waals surface area contributed by atoms with Crippen LogP contribution in [-0.4, -0.2) is 36.0 Å². The number of nitrogens with zero attached hydrogens (tertiary/aromatic N) is 1. The van der Waals surface area contributed by atoms with Gasteiger partial charge in [0.25, 0.3) is 5.91 Å². The average Bonchev–Trinajstić information content (AvgIpc) is 2.71. The van der Waals surface area contributed by atoms with Crippen LogP contribution in [0.3, 0.4) is 0 Å². The van der Waals surface area contributed by atoms with Gasteiger partial charge in [-0.2, -0.15) is 0 Å². The van der Waals surface area contributed by atoms with Gasteiger partial charge in [-0.15, -0.1) is 0 Å². The van der Waals surface area contributed by atoms with Gasteiger partial charge in [0, 0.05) is 6.54 Å². The molecule has 1 aromatic carbocycles. The number of hydrogen-bond donors (Lipinski definition) is 1. The first-order valence-corrected chi connectivity index (χ1v) is 7.37. The van der Waals surface area contributed by atoms with Crippen LogP contribution in [-0.2, 0) is 4.79 Å². The maximum atomic E-state index is 12.1. The number of amides is 3. The zero-order valence-electron chi connectivity index (χ0n) is 12.5. The number of hydrogen-bond acceptors (Lipinski definition) is 3. The minimum Gasteiger partial charge on any atom is -0.494 e. The van der Waals surface area contributed by atoms with Crippen molar-refractivity contribution in [3.8, 4) is 5.75 Å². The number of para-hydroxylation sites is 1. The molecule has 1 heterocycles. The highest BCUT2D eigenvalue weighted by Gasteiger charge is 2.37. The molecule has 1 atom stereocenters. The molecule has 0 saturated carbocycles. The van der Waals surface area contributed by atoms with E-state index in [0.29, 0.717) is 31.9 Å². The van der Waals surface area contributed by atoms with Crippen LogP contribution in [0, 0.1) is 5.92 Å². The summed E-state index contributed by atoms with van der Waals surface area (Å²) in [6.45, 7) is 4.95. The molecule has 1 N–H and O–H groups in total. The fraction of sp³-hybridized carbons (Fsp3) is 0.500. The van der Waals surface area contributed by atoms with Gasteiger partial charge in [-0.1, -0.05) is 32.0 Å². The van der Waals surface area contributed by atoms with Crippen LogP contribution in [0.15, 0.2) is 30.3 Å². The van der Waals surface area contributed by atoms with E-state index in [2.05, 4.69) is 5.32 Å². The lowest BCUT2D eigenvalue weighted by Crippen LogP contribution is -2.33. The Morgan fingerprint density at radius 3 is 2.62 bits per heavy atom. The lowest BCUT2D eigenvalue weighted by molar-refractivity contribution is -0.127. The number of nitrogens with one attached hydrogen (secondary N) is 1. The molecular weight excluding hydrogens is 268 g/mol. The summed E-state index contributed by atoms with van der Waals surface area (Å²) >= 11 is 0. The van der Waals surface area contributed by atoms with E-state index in [0.717, 1.165) is 5.75 Å². The molecule has 5 heteroatoms. The molecule has 3 amide bonds. The number of benzene rings is 1. The largest absolute Gasteiger partial charge is 0.494 e. The van der Waals surface area contributed by atoms with Crippen molar-refractivity contribution in [1.29, 1.82) is 0 Å². The summed E-state index contributed by atoms with van der Waals surface area (Å²) in [5, 5.41) is 2.74. The molecule has 114 valence electrons. The third-order valence-electron chi connectivity index (χ3n) is 3.35. The first kappa shape index (κ1) is 15.4. The summed E-state index contributed by atoms with van der Waals surface area (Å²) in [5.74, 6) is 1.06. The molecule has 0 spiro atoms. The van der Waals surface area contributed by atoms with Gasteiger partial charge in [0.2, 0.25) is 0 Å². The van der Waals surface area contributed by atoms with Crippen LogP contribution < -0.4 is 10.1 Å². The maximum Gasteiger partial charge on any atom is 0.324 e. The Bertz CT molecular complexity index is 488. The van der Waals surface area contributed by atoms with Crippen LogP contribution in [0.25, 0.3) is 0 Å². The predicted octanol–water partition coefficient (Wildman–Crippen LogP) is 2.42. The van der Waals surface area contributed by atoms with Gasteiger partial charge >= 0.3 is 6.03 Å². The van der Waals surface area contributed by atoms with E-state index in [1.54, 1.807) is 0 Å². The molecule has 1 aromatic rings. The third-order valence-corrected chi connectivity index (χ3v) is 3.35. The molecule has 2 rings (SSSR count). The Hall–Kier alpha value is -2.04. The summed E-state index contributed by atoms with van der Waals surface area (Å²) < 4.78 is 5.56. The van der Waals surface area contributed by atoms with Gasteiger partial charge in [-0.25, -0.2) is 4.79 Å². The molecule has 1 saturated heterocycles. The predicted molar refractivity (Wildman–Crippen MR) is 80.0 cm³/mol. The number of carbonyl (C=O) groups excluding carboxylic acids is 2. The number of rotatable bonds is 7. The Morgan fingerprint density at radius 2 is 1.95 bits per heavy atom. The highest BCUT2D eigenvalue weighted by Crippen LogP contribution is 2.15. The fourth-order valence-corrected chi connectivity index (χ4v) is 2.35.